The topological polar surface area (TPSA) is 82.2 Å². The first-order valence-corrected chi connectivity index (χ1v) is 8.04. The van der Waals surface area contributed by atoms with Gasteiger partial charge in [0.1, 0.15) is 11.0 Å². The predicted octanol–water partition coefficient (Wildman–Crippen LogP) is 0.898. The number of aromatic amines is 1. The first kappa shape index (κ1) is 14.2. The largest absolute Gasteiger partial charge is 0.345 e. The van der Waals surface area contributed by atoms with Gasteiger partial charge in [0, 0.05) is 31.7 Å². The van der Waals surface area contributed by atoms with Gasteiger partial charge in [0.2, 0.25) is 6.41 Å². The molecule has 2 atom stereocenters. The van der Waals surface area contributed by atoms with Crippen molar-refractivity contribution < 1.29 is 9.59 Å². The second kappa shape index (κ2) is 5.64. The predicted molar refractivity (Wildman–Crippen MR) is 83.6 cm³/mol. The first-order chi connectivity index (χ1) is 11.2. The van der Waals surface area contributed by atoms with Crippen LogP contribution in [0.15, 0.2) is 18.2 Å². The summed E-state index contributed by atoms with van der Waals surface area (Å²) in [6.07, 6.45) is 2.88. The number of nitrogens with one attached hydrogen (secondary N) is 1. The van der Waals surface area contributed by atoms with E-state index in [0.717, 1.165) is 50.9 Å². The Kier molecular flexibility index (Phi) is 3.48. The lowest BCUT2D eigenvalue weighted by molar-refractivity contribution is -0.117. The summed E-state index contributed by atoms with van der Waals surface area (Å²) in [4.78, 5) is 27.5. The molecule has 0 saturated carbocycles. The molecule has 2 saturated heterocycles. The van der Waals surface area contributed by atoms with Crippen LogP contribution in [0.1, 0.15) is 23.2 Å². The minimum atomic E-state index is 0.0575. The summed E-state index contributed by atoms with van der Waals surface area (Å²) in [6, 6.07) is 5.43. The molecule has 4 rings (SSSR count). The molecule has 0 radical (unpaired) electrons. The molecule has 0 aliphatic carbocycles. The van der Waals surface area contributed by atoms with Crippen LogP contribution < -0.4 is 0 Å². The lowest BCUT2D eigenvalue weighted by Gasteiger charge is -2.21. The van der Waals surface area contributed by atoms with E-state index in [9.17, 15) is 9.59 Å². The molecule has 1 N–H and O–H groups in total. The van der Waals surface area contributed by atoms with Crippen LogP contribution in [0.2, 0.25) is 0 Å². The Labute approximate surface area is 133 Å². The van der Waals surface area contributed by atoms with Crippen molar-refractivity contribution in [3.63, 3.8) is 0 Å². The highest BCUT2D eigenvalue weighted by molar-refractivity contribution is 5.97. The van der Waals surface area contributed by atoms with Crippen molar-refractivity contribution in [3.05, 3.63) is 23.8 Å². The normalized spacial score (nSPS) is 24.5. The zero-order chi connectivity index (χ0) is 15.8. The molecule has 2 unspecified atom stereocenters. The van der Waals surface area contributed by atoms with Crippen molar-refractivity contribution in [1.29, 1.82) is 0 Å². The molecule has 2 amide bonds. The molecule has 1 aromatic heterocycles. The summed E-state index contributed by atoms with van der Waals surface area (Å²) in [7, 11) is 0. The molecule has 0 spiro atoms. The molecule has 1 aromatic carbocycles. The van der Waals surface area contributed by atoms with E-state index in [0.29, 0.717) is 22.9 Å². The number of H-pyrrole nitrogens is 1. The van der Waals surface area contributed by atoms with E-state index in [1.165, 1.54) is 0 Å². The monoisotopic (exact) mass is 313 g/mol. The zero-order valence-corrected chi connectivity index (χ0v) is 12.8. The maximum Gasteiger partial charge on any atom is 0.253 e. The summed E-state index contributed by atoms with van der Waals surface area (Å²) in [6.45, 7) is 3.18. The fourth-order valence-electron chi connectivity index (χ4n) is 3.83. The van der Waals surface area contributed by atoms with E-state index in [1.54, 1.807) is 6.07 Å². The fraction of sp³-hybridized carbons (Fsp3) is 0.500. The van der Waals surface area contributed by atoms with Crippen molar-refractivity contribution in [3.8, 4) is 0 Å². The third-order valence-electron chi connectivity index (χ3n) is 5.14. The highest BCUT2D eigenvalue weighted by Crippen LogP contribution is 2.31. The molecule has 0 bridgehead atoms. The average molecular weight is 313 g/mol. The maximum absolute atomic E-state index is 12.8. The van der Waals surface area contributed by atoms with Crippen molar-refractivity contribution in [1.82, 2.24) is 25.2 Å². The number of amides is 2. The van der Waals surface area contributed by atoms with Crippen molar-refractivity contribution in [2.45, 2.75) is 12.8 Å². The quantitative estimate of drug-likeness (QED) is 0.835. The molecular formula is C16H19N5O2. The van der Waals surface area contributed by atoms with E-state index >= 15 is 0 Å². The highest BCUT2D eigenvalue weighted by atomic mass is 16.2. The van der Waals surface area contributed by atoms with Crippen molar-refractivity contribution in [2.24, 2.45) is 11.8 Å². The van der Waals surface area contributed by atoms with Crippen LogP contribution in [0.25, 0.3) is 11.0 Å². The number of aromatic nitrogens is 3. The lowest BCUT2D eigenvalue weighted by atomic mass is 9.92. The third-order valence-corrected chi connectivity index (χ3v) is 5.14. The van der Waals surface area contributed by atoms with Crippen LogP contribution in [0.4, 0.5) is 0 Å². The zero-order valence-electron chi connectivity index (χ0n) is 12.8. The Morgan fingerprint density at radius 1 is 1.13 bits per heavy atom. The van der Waals surface area contributed by atoms with E-state index < -0.39 is 0 Å². The van der Waals surface area contributed by atoms with Gasteiger partial charge in [-0.3, -0.25) is 9.59 Å². The average Bonchev–Trinajstić information content (AvgIpc) is 3.16. The minimum Gasteiger partial charge on any atom is -0.345 e. The molecule has 2 aliphatic rings. The number of hydrogen-bond acceptors (Lipinski definition) is 4. The number of likely N-dealkylation sites (tertiary alicyclic amines) is 2. The number of benzene rings is 1. The van der Waals surface area contributed by atoms with Gasteiger partial charge in [-0.2, -0.15) is 15.4 Å². The van der Waals surface area contributed by atoms with Crippen LogP contribution in [-0.2, 0) is 4.79 Å². The molecule has 7 nitrogen and oxygen atoms in total. The van der Waals surface area contributed by atoms with E-state index in [4.69, 9.17) is 0 Å². The first-order valence-electron chi connectivity index (χ1n) is 8.04. The number of hydrogen-bond donors (Lipinski definition) is 1. The standard InChI is InChI=1S/C16H19N5O2/c22-10-20-8-12-3-5-21(6-4-13(12)9-20)16(23)11-1-2-14-15(7-11)18-19-17-14/h1-2,7,10,12-13H,3-6,8-9H2,(H,17,18,19). The second-order valence-electron chi connectivity index (χ2n) is 6.48. The number of rotatable bonds is 2. The van der Waals surface area contributed by atoms with Gasteiger partial charge in [-0.25, -0.2) is 0 Å². The van der Waals surface area contributed by atoms with Crippen LogP contribution in [0, 0.1) is 11.8 Å². The summed E-state index contributed by atoms with van der Waals surface area (Å²) in [5, 5.41) is 10.6. The highest BCUT2D eigenvalue weighted by Gasteiger charge is 2.35. The molecule has 120 valence electrons. The van der Waals surface area contributed by atoms with Gasteiger partial charge in [-0.15, -0.1) is 0 Å². The van der Waals surface area contributed by atoms with Crippen LogP contribution >= 0.6 is 0 Å². The number of carbonyl (C=O) groups is 2. The molecule has 7 heteroatoms. The van der Waals surface area contributed by atoms with Crippen LogP contribution in [-0.4, -0.2) is 63.7 Å². The van der Waals surface area contributed by atoms with Gasteiger partial charge in [0.25, 0.3) is 5.91 Å². The fourth-order valence-corrected chi connectivity index (χ4v) is 3.83. The summed E-state index contributed by atoms with van der Waals surface area (Å²) in [5.41, 5.74) is 2.14. The van der Waals surface area contributed by atoms with Gasteiger partial charge >= 0.3 is 0 Å². The summed E-state index contributed by atoms with van der Waals surface area (Å²) >= 11 is 0. The van der Waals surface area contributed by atoms with Crippen molar-refractivity contribution >= 4 is 23.4 Å². The number of fused-ring (bicyclic) bond motifs is 2. The van der Waals surface area contributed by atoms with Gasteiger partial charge in [0.05, 0.1) is 0 Å². The molecular weight excluding hydrogens is 294 g/mol. The van der Waals surface area contributed by atoms with E-state index in [2.05, 4.69) is 15.4 Å². The molecule has 3 heterocycles. The molecule has 23 heavy (non-hydrogen) atoms. The molecule has 2 fully saturated rings. The van der Waals surface area contributed by atoms with E-state index in [1.807, 2.05) is 21.9 Å². The summed E-state index contributed by atoms with van der Waals surface area (Å²) in [5.74, 6) is 1.11. The molecule has 2 aliphatic heterocycles. The van der Waals surface area contributed by atoms with Crippen LogP contribution in [0.3, 0.4) is 0 Å². The van der Waals surface area contributed by atoms with E-state index in [-0.39, 0.29) is 5.91 Å². The lowest BCUT2D eigenvalue weighted by Crippen LogP contribution is -2.33. The van der Waals surface area contributed by atoms with Gasteiger partial charge in [-0.1, -0.05) is 0 Å². The molecule has 2 aromatic rings. The second-order valence-corrected chi connectivity index (χ2v) is 6.48. The van der Waals surface area contributed by atoms with Crippen molar-refractivity contribution in [2.75, 3.05) is 26.2 Å². The Bertz CT molecular complexity index is 727. The van der Waals surface area contributed by atoms with Gasteiger partial charge < -0.3 is 9.80 Å². The SMILES string of the molecule is O=CN1CC2CCN(C(=O)c3ccc4n[nH]nc4c3)CCC2C1. The Morgan fingerprint density at radius 2 is 1.83 bits per heavy atom. The Balaban J connectivity index is 1.48. The van der Waals surface area contributed by atoms with Gasteiger partial charge in [0.15, 0.2) is 0 Å². The van der Waals surface area contributed by atoms with Gasteiger partial charge in [-0.05, 0) is 42.9 Å². The maximum atomic E-state index is 12.8. The Morgan fingerprint density at radius 3 is 2.52 bits per heavy atom. The summed E-state index contributed by atoms with van der Waals surface area (Å²) < 4.78 is 0. The Hall–Kier alpha value is -2.44. The van der Waals surface area contributed by atoms with Crippen LogP contribution in [0.5, 0.6) is 0 Å². The minimum absolute atomic E-state index is 0.0575. The number of carbonyl (C=O) groups excluding carboxylic acids is 2. The third kappa shape index (κ3) is 2.56. The number of nitrogens with zero attached hydrogens (tertiary/aromatic N) is 4. The smallest absolute Gasteiger partial charge is 0.253 e.